The SMILES string of the molecule is CC(CC(N)=O)NC(=O)NC(CC(=O)O)C1CC1. The van der Waals surface area contributed by atoms with Crippen LogP contribution < -0.4 is 16.4 Å². The summed E-state index contributed by atoms with van der Waals surface area (Å²) in [4.78, 5) is 32.9. The van der Waals surface area contributed by atoms with Crippen LogP contribution in [-0.4, -0.2) is 35.1 Å². The molecule has 1 saturated carbocycles. The summed E-state index contributed by atoms with van der Waals surface area (Å²) in [5, 5.41) is 13.9. The fraction of sp³-hybridized carbons (Fsp3) is 0.727. The summed E-state index contributed by atoms with van der Waals surface area (Å²) >= 11 is 0. The highest BCUT2D eigenvalue weighted by Gasteiger charge is 2.33. The highest BCUT2D eigenvalue weighted by atomic mass is 16.4. The van der Waals surface area contributed by atoms with Crippen LogP contribution in [0.1, 0.15) is 32.6 Å². The topological polar surface area (TPSA) is 122 Å². The number of nitrogens with two attached hydrogens (primary N) is 1. The molecule has 2 unspecified atom stereocenters. The van der Waals surface area contributed by atoms with E-state index in [1.165, 1.54) is 0 Å². The van der Waals surface area contributed by atoms with E-state index in [9.17, 15) is 14.4 Å². The van der Waals surface area contributed by atoms with Crippen molar-refractivity contribution >= 4 is 17.9 Å². The monoisotopic (exact) mass is 257 g/mol. The molecule has 0 aromatic rings. The molecule has 0 aliphatic heterocycles. The maximum absolute atomic E-state index is 11.6. The Labute approximate surface area is 105 Å². The molecule has 0 spiro atoms. The molecular formula is C11H19N3O4. The van der Waals surface area contributed by atoms with Gasteiger partial charge < -0.3 is 21.5 Å². The number of primary amides is 1. The average Bonchev–Trinajstić information content (AvgIpc) is 2.96. The van der Waals surface area contributed by atoms with Gasteiger partial charge in [0.2, 0.25) is 5.91 Å². The van der Waals surface area contributed by atoms with Gasteiger partial charge in [-0.1, -0.05) is 0 Å². The van der Waals surface area contributed by atoms with E-state index in [4.69, 9.17) is 10.8 Å². The van der Waals surface area contributed by atoms with Gasteiger partial charge in [-0.15, -0.1) is 0 Å². The lowest BCUT2D eigenvalue weighted by atomic mass is 10.1. The minimum atomic E-state index is -0.933. The fourth-order valence-electron chi connectivity index (χ4n) is 1.81. The van der Waals surface area contributed by atoms with Gasteiger partial charge in [0.05, 0.1) is 6.42 Å². The van der Waals surface area contributed by atoms with Gasteiger partial charge in [-0.25, -0.2) is 4.79 Å². The van der Waals surface area contributed by atoms with E-state index >= 15 is 0 Å². The van der Waals surface area contributed by atoms with Crippen LogP contribution in [0.5, 0.6) is 0 Å². The smallest absolute Gasteiger partial charge is 0.315 e. The van der Waals surface area contributed by atoms with Crippen molar-refractivity contribution in [3.8, 4) is 0 Å². The summed E-state index contributed by atoms with van der Waals surface area (Å²) in [7, 11) is 0. The highest BCUT2D eigenvalue weighted by molar-refractivity contribution is 5.78. The fourth-order valence-corrected chi connectivity index (χ4v) is 1.81. The number of hydrogen-bond donors (Lipinski definition) is 4. The second kappa shape index (κ2) is 6.23. The molecule has 0 aromatic carbocycles. The summed E-state index contributed by atoms with van der Waals surface area (Å²) in [5.74, 6) is -1.18. The molecule has 7 heteroatoms. The van der Waals surface area contributed by atoms with Crippen molar-refractivity contribution in [2.75, 3.05) is 0 Å². The number of aliphatic carboxylic acids is 1. The van der Waals surface area contributed by atoms with E-state index in [-0.39, 0.29) is 30.8 Å². The second-order valence-corrected chi connectivity index (χ2v) is 4.73. The van der Waals surface area contributed by atoms with Gasteiger partial charge >= 0.3 is 12.0 Å². The predicted molar refractivity (Wildman–Crippen MR) is 63.7 cm³/mol. The van der Waals surface area contributed by atoms with Crippen LogP contribution >= 0.6 is 0 Å². The molecule has 5 N–H and O–H groups in total. The number of rotatable bonds is 7. The zero-order chi connectivity index (χ0) is 13.7. The number of carboxylic acid groups (broad SMARTS) is 1. The largest absolute Gasteiger partial charge is 0.481 e. The third-order valence-corrected chi connectivity index (χ3v) is 2.79. The average molecular weight is 257 g/mol. The molecule has 3 amide bonds. The standard InChI is InChI=1S/C11H19N3O4/c1-6(4-9(12)15)13-11(18)14-8(5-10(16)17)7-2-3-7/h6-8H,2-5H2,1H3,(H2,12,15)(H,16,17)(H2,13,14,18). The van der Waals surface area contributed by atoms with Crippen molar-refractivity contribution in [2.45, 2.75) is 44.7 Å². The van der Waals surface area contributed by atoms with Crippen LogP contribution in [0.2, 0.25) is 0 Å². The minimum Gasteiger partial charge on any atom is -0.481 e. The lowest BCUT2D eigenvalue weighted by Gasteiger charge is -2.19. The first-order valence-corrected chi connectivity index (χ1v) is 5.95. The maximum Gasteiger partial charge on any atom is 0.315 e. The molecule has 7 nitrogen and oxygen atoms in total. The van der Waals surface area contributed by atoms with Crippen LogP contribution in [0.3, 0.4) is 0 Å². The third kappa shape index (κ3) is 5.51. The van der Waals surface area contributed by atoms with Crippen molar-refractivity contribution in [1.29, 1.82) is 0 Å². The molecule has 102 valence electrons. The van der Waals surface area contributed by atoms with Gasteiger partial charge in [-0.05, 0) is 25.7 Å². The molecule has 1 aliphatic carbocycles. The Bertz CT molecular complexity index is 341. The van der Waals surface area contributed by atoms with Gasteiger partial charge in [0, 0.05) is 18.5 Å². The summed E-state index contributed by atoms with van der Waals surface area (Å²) in [5.41, 5.74) is 5.01. The van der Waals surface area contributed by atoms with E-state index in [0.717, 1.165) is 12.8 Å². The summed E-state index contributed by atoms with van der Waals surface area (Å²) in [6.07, 6.45) is 1.85. The Hall–Kier alpha value is -1.79. The van der Waals surface area contributed by atoms with Crippen molar-refractivity contribution in [3.63, 3.8) is 0 Å². The molecule has 1 fully saturated rings. The van der Waals surface area contributed by atoms with Crippen LogP contribution in [0.25, 0.3) is 0 Å². The van der Waals surface area contributed by atoms with E-state index in [1.807, 2.05) is 0 Å². The Morgan fingerprint density at radius 1 is 1.28 bits per heavy atom. The molecule has 18 heavy (non-hydrogen) atoms. The van der Waals surface area contributed by atoms with Crippen molar-refractivity contribution in [3.05, 3.63) is 0 Å². The van der Waals surface area contributed by atoms with Gasteiger partial charge in [0.1, 0.15) is 0 Å². The van der Waals surface area contributed by atoms with Crippen molar-refractivity contribution < 1.29 is 19.5 Å². The highest BCUT2D eigenvalue weighted by Crippen LogP contribution is 2.33. The molecule has 1 rings (SSSR count). The zero-order valence-electron chi connectivity index (χ0n) is 10.3. The Balaban J connectivity index is 2.36. The quantitative estimate of drug-likeness (QED) is 0.504. The number of nitrogens with one attached hydrogen (secondary N) is 2. The van der Waals surface area contributed by atoms with Gasteiger partial charge in [0.15, 0.2) is 0 Å². The first kappa shape index (κ1) is 14.3. The van der Waals surface area contributed by atoms with E-state index < -0.39 is 17.9 Å². The molecule has 1 aliphatic rings. The zero-order valence-corrected chi connectivity index (χ0v) is 10.3. The van der Waals surface area contributed by atoms with Gasteiger partial charge in [-0.2, -0.15) is 0 Å². The summed E-state index contributed by atoms with van der Waals surface area (Å²) in [6.45, 7) is 1.66. The summed E-state index contributed by atoms with van der Waals surface area (Å²) in [6, 6.07) is -1.17. The first-order valence-electron chi connectivity index (χ1n) is 5.95. The Morgan fingerprint density at radius 3 is 2.33 bits per heavy atom. The molecule has 0 heterocycles. The van der Waals surface area contributed by atoms with E-state index in [1.54, 1.807) is 6.92 Å². The molecule has 0 aromatic heterocycles. The van der Waals surface area contributed by atoms with E-state index in [0.29, 0.717) is 0 Å². The Kier molecular flexibility index (Phi) is 4.94. The number of urea groups is 1. The molecule has 2 atom stereocenters. The molecule has 0 saturated heterocycles. The first-order chi connectivity index (χ1) is 8.38. The van der Waals surface area contributed by atoms with Crippen LogP contribution in [0.15, 0.2) is 0 Å². The second-order valence-electron chi connectivity index (χ2n) is 4.73. The third-order valence-electron chi connectivity index (χ3n) is 2.79. The molecular weight excluding hydrogens is 238 g/mol. The van der Waals surface area contributed by atoms with E-state index in [2.05, 4.69) is 10.6 Å². The van der Waals surface area contributed by atoms with Gasteiger partial charge in [-0.3, -0.25) is 9.59 Å². The molecule has 0 bridgehead atoms. The number of carbonyl (C=O) groups is 3. The van der Waals surface area contributed by atoms with Crippen molar-refractivity contribution in [1.82, 2.24) is 10.6 Å². The number of carboxylic acids is 1. The van der Waals surface area contributed by atoms with Crippen molar-refractivity contribution in [2.24, 2.45) is 11.7 Å². The maximum atomic E-state index is 11.6. The Morgan fingerprint density at radius 2 is 1.89 bits per heavy atom. The lowest BCUT2D eigenvalue weighted by molar-refractivity contribution is -0.137. The molecule has 0 radical (unpaired) electrons. The van der Waals surface area contributed by atoms with Crippen LogP contribution in [0.4, 0.5) is 4.79 Å². The number of hydrogen-bond acceptors (Lipinski definition) is 3. The predicted octanol–water partition coefficient (Wildman–Crippen LogP) is -0.197. The normalized spacial score (nSPS) is 17.6. The number of amides is 3. The summed E-state index contributed by atoms with van der Waals surface area (Å²) < 4.78 is 0. The van der Waals surface area contributed by atoms with Crippen LogP contribution in [-0.2, 0) is 9.59 Å². The number of carbonyl (C=O) groups excluding carboxylic acids is 2. The van der Waals surface area contributed by atoms with Crippen LogP contribution in [0, 0.1) is 5.92 Å². The lowest BCUT2D eigenvalue weighted by Crippen LogP contribution is -2.47. The minimum absolute atomic E-state index is 0.0560. The van der Waals surface area contributed by atoms with Gasteiger partial charge in [0.25, 0.3) is 0 Å².